The average molecular weight is 462 g/mol. The molecule has 0 atom stereocenters. The number of fused-ring (bicyclic) bond motifs is 1. The van der Waals surface area contributed by atoms with E-state index in [4.69, 9.17) is 0 Å². The molecule has 0 radical (unpaired) electrons. The standard InChI is InChI=1S/C25H23N3O2S2/c1-15-7-9-18(10-8-15)24(30)26-19-11-12-20-21(13-19)32-25(27-20)31-14-22(29)28-23-16(2)5-4-6-17(23)3/h4-13H,14H2,1-3H3,(H,26,30)(H,28,29). The number of hydrogen-bond acceptors (Lipinski definition) is 5. The predicted octanol–water partition coefficient (Wildman–Crippen LogP) is 6.20. The predicted molar refractivity (Wildman–Crippen MR) is 134 cm³/mol. The molecule has 2 N–H and O–H groups in total. The van der Waals surface area contributed by atoms with Gasteiger partial charge in [-0.15, -0.1) is 11.3 Å². The van der Waals surface area contributed by atoms with Gasteiger partial charge in [0.15, 0.2) is 4.34 Å². The number of thiazole rings is 1. The summed E-state index contributed by atoms with van der Waals surface area (Å²) in [6, 6.07) is 19.1. The third-order valence-electron chi connectivity index (χ3n) is 5.01. The van der Waals surface area contributed by atoms with Gasteiger partial charge in [-0.25, -0.2) is 4.98 Å². The maximum atomic E-state index is 12.5. The Balaban J connectivity index is 1.40. The fourth-order valence-electron chi connectivity index (χ4n) is 3.27. The summed E-state index contributed by atoms with van der Waals surface area (Å²) in [5, 5.41) is 5.94. The van der Waals surface area contributed by atoms with Gasteiger partial charge in [0.05, 0.1) is 16.0 Å². The number of nitrogens with zero attached hydrogens (tertiary/aromatic N) is 1. The zero-order valence-electron chi connectivity index (χ0n) is 18.1. The van der Waals surface area contributed by atoms with Crippen LogP contribution in [0.5, 0.6) is 0 Å². The van der Waals surface area contributed by atoms with Gasteiger partial charge in [0.2, 0.25) is 5.91 Å². The van der Waals surface area contributed by atoms with E-state index in [9.17, 15) is 9.59 Å². The van der Waals surface area contributed by atoms with Crippen molar-refractivity contribution in [1.82, 2.24) is 4.98 Å². The summed E-state index contributed by atoms with van der Waals surface area (Å²) in [4.78, 5) is 29.5. The van der Waals surface area contributed by atoms with Crippen LogP contribution in [0.1, 0.15) is 27.0 Å². The monoisotopic (exact) mass is 461 g/mol. The van der Waals surface area contributed by atoms with Crippen LogP contribution in [0.25, 0.3) is 10.2 Å². The fourth-order valence-corrected chi connectivity index (χ4v) is 5.17. The summed E-state index contributed by atoms with van der Waals surface area (Å²) >= 11 is 2.92. The van der Waals surface area contributed by atoms with Crippen molar-refractivity contribution < 1.29 is 9.59 Å². The van der Waals surface area contributed by atoms with Crippen LogP contribution in [0.3, 0.4) is 0 Å². The minimum atomic E-state index is -0.147. The molecular weight excluding hydrogens is 438 g/mol. The number of nitrogens with one attached hydrogen (secondary N) is 2. The smallest absolute Gasteiger partial charge is 0.255 e. The second-order valence-corrected chi connectivity index (χ2v) is 9.84. The maximum absolute atomic E-state index is 12.5. The van der Waals surface area contributed by atoms with Crippen molar-refractivity contribution in [2.75, 3.05) is 16.4 Å². The van der Waals surface area contributed by atoms with E-state index < -0.39 is 0 Å². The van der Waals surface area contributed by atoms with Gasteiger partial charge < -0.3 is 10.6 Å². The van der Waals surface area contributed by atoms with Gasteiger partial charge in [0.1, 0.15) is 0 Å². The molecule has 1 aromatic heterocycles. The van der Waals surface area contributed by atoms with Crippen LogP contribution in [-0.4, -0.2) is 22.6 Å². The van der Waals surface area contributed by atoms with Crippen molar-refractivity contribution in [3.63, 3.8) is 0 Å². The number of amides is 2. The second-order valence-electron chi connectivity index (χ2n) is 7.59. The number of aromatic nitrogens is 1. The van der Waals surface area contributed by atoms with Crippen molar-refractivity contribution in [2.24, 2.45) is 0 Å². The fraction of sp³-hybridized carbons (Fsp3) is 0.160. The molecule has 162 valence electrons. The van der Waals surface area contributed by atoms with E-state index >= 15 is 0 Å². The molecule has 4 rings (SSSR count). The number of carbonyl (C=O) groups is 2. The molecular formula is C25H23N3O2S2. The lowest BCUT2D eigenvalue weighted by molar-refractivity contribution is -0.113. The molecule has 3 aromatic carbocycles. The number of anilines is 2. The minimum Gasteiger partial charge on any atom is -0.325 e. The highest BCUT2D eigenvalue weighted by molar-refractivity contribution is 8.01. The van der Waals surface area contributed by atoms with Crippen LogP contribution in [0.4, 0.5) is 11.4 Å². The average Bonchev–Trinajstić information content (AvgIpc) is 3.17. The largest absolute Gasteiger partial charge is 0.325 e. The van der Waals surface area contributed by atoms with Gasteiger partial charge in [0.25, 0.3) is 5.91 Å². The van der Waals surface area contributed by atoms with Crippen LogP contribution in [0.15, 0.2) is 65.0 Å². The zero-order valence-corrected chi connectivity index (χ0v) is 19.7. The van der Waals surface area contributed by atoms with Crippen molar-refractivity contribution in [1.29, 1.82) is 0 Å². The van der Waals surface area contributed by atoms with Gasteiger partial charge in [-0.1, -0.05) is 47.7 Å². The Labute approximate surface area is 195 Å². The van der Waals surface area contributed by atoms with Crippen molar-refractivity contribution in [2.45, 2.75) is 25.1 Å². The summed E-state index contributed by atoms with van der Waals surface area (Å²) in [5.41, 5.74) is 6.26. The number of para-hydroxylation sites is 1. The van der Waals surface area contributed by atoms with Gasteiger partial charge in [0, 0.05) is 16.9 Å². The summed E-state index contributed by atoms with van der Waals surface area (Å²) in [5.74, 6) is 0.0780. The van der Waals surface area contributed by atoms with E-state index in [2.05, 4.69) is 15.6 Å². The molecule has 7 heteroatoms. The SMILES string of the molecule is Cc1ccc(C(=O)Nc2ccc3nc(SCC(=O)Nc4c(C)cccc4C)sc3c2)cc1. The Morgan fingerprint density at radius 3 is 2.38 bits per heavy atom. The highest BCUT2D eigenvalue weighted by Crippen LogP contribution is 2.31. The first-order chi connectivity index (χ1) is 15.4. The van der Waals surface area contributed by atoms with E-state index in [1.54, 1.807) is 0 Å². The van der Waals surface area contributed by atoms with Gasteiger partial charge in [-0.05, 0) is 62.2 Å². The van der Waals surface area contributed by atoms with Gasteiger partial charge in [-0.2, -0.15) is 0 Å². The highest BCUT2D eigenvalue weighted by atomic mass is 32.2. The molecule has 0 unspecified atom stereocenters. The van der Waals surface area contributed by atoms with E-state index in [1.807, 2.05) is 81.4 Å². The van der Waals surface area contributed by atoms with E-state index in [-0.39, 0.29) is 17.6 Å². The molecule has 2 amide bonds. The molecule has 0 fully saturated rings. The lowest BCUT2D eigenvalue weighted by Crippen LogP contribution is -2.15. The minimum absolute atomic E-state index is 0.0577. The third-order valence-corrected chi connectivity index (χ3v) is 7.17. The molecule has 0 bridgehead atoms. The lowest BCUT2D eigenvalue weighted by atomic mass is 10.1. The first kappa shape index (κ1) is 22.0. The third kappa shape index (κ3) is 5.18. The molecule has 5 nitrogen and oxygen atoms in total. The van der Waals surface area contributed by atoms with E-state index in [0.29, 0.717) is 5.56 Å². The number of thioether (sulfide) groups is 1. The van der Waals surface area contributed by atoms with E-state index in [0.717, 1.165) is 42.6 Å². The lowest BCUT2D eigenvalue weighted by Gasteiger charge is -2.10. The molecule has 0 saturated heterocycles. The van der Waals surface area contributed by atoms with Crippen LogP contribution >= 0.6 is 23.1 Å². The number of hydrogen-bond donors (Lipinski definition) is 2. The van der Waals surface area contributed by atoms with Crippen molar-refractivity contribution >= 4 is 56.5 Å². The molecule has 1 heterocycles. The highest BCUT2D eigenvalue weighted by Gasteiger charge is 2.12. The van der Waals surface area contributed by atoms with Gasteiger partial charge >= 0.3 is 0 Å². The molecule has 0 aliphatic heterocycles. The van der Waals surface area contributed by atoms with Crippen LogP contribution in [0.2, 0.25) is 0 Å². The van der Waals surface area contributed by atoms with Crippen LogP contribution in [0, 0.1) is 20.8 Å². The quantitative estimate of drug-likeness (QED) is 0.335. The molecule has 0 aliphatic carbocycles. The second kappa shape index (κ2) is 9.54. The molecule has 0 saturated carbocycles. The summed E-state index contributed by atoms with van der Waals surface area (Å²) in [7, 11) is 0. The number of rotatable bonds is 6. The molecule has 32 heavy (non-hydrogen) atoms. The number of aryl methyl sites for hydroxylation is 3. The first-order valence-corrected chi connectivity index (χ1v) is 12.0. The Morgan fingerprint density at radius 2 is 1.66 bits per heavy atom. The Morgan fingerprint density at radius 1 is 0.938 bits per heavy atom. The normalized spacial score (nSPS) is 10.8. The van der Waals surface area contributed by atoms with Crippen molar-refractivity contribution in [3.05, 3.63) is 82.9 Å². The van der Waals surface area contributed by atoms with Crippen LogP contribution in [-0.2, 0) is 4.79 Å². The molecule has 0 spiro atoms. The summed E-state index contributed by atoms with van der Waals surface area (Å²) in [6.45, 7) is 5.96. The Hall–Kier alpha value is -3.16. The topological polar surface area (TPSA) is 71.1 Å². The number of benzene rings is 3. The van der Waals surface area contributed by atoms with Crippen LogP contribution < -0.4 is 10.6 Å². The maximum Gasteiger partial charge on any atom is 0.255 e. The zero-order chi connectivity index (χ0) is 22.7. The molecule has 4 aromatic rings. The Bertz CT molecular complexity index is 1280. The van der Waals surface area contributed by atoms with Gasteiger partial charge in [-0.3, -0.25) is 9.59 Å². The first-order valence-electron chi connectivity index (χ1n) is 10.2. The summed E-state index contributed by atoms with van der Waals surface area (Å²) in [6.07, 6.45) is 0. The Kier molecular flexibility index (Phi) is 6.58. The number of carbonyl (C=O) groups excluding carboxylic acids is 2. The summed E-state index contributed by atoms with van der Waals surface area (Å²) < 4.78 is 1.78. The van der Waals surface area contributed by atoms with Crippen molar-refractivity contribution in [3.8, 4) is 0 Å². The van der Waals surface area contributed by atoms with E-state index in [1.165, 1.54) is 23.1 Å². The molecule has 0 aliphatic rings.